The number of carbonyl (C=O) groups is 2. The number of benzene rings is 2. The quantitative estimate of drug-likeness (QED) is 0.259. The van der Waals surface area contributed by atoms with Crippen LogP contribution in [0.1, 0.15) is 77.7 Å². The molecule has 1 aromatic heterocycles. The van der Waals surface area contributed by atoms with Gasteiger partial charge in [-0.2, -0.15) is 18.6 Å². The molecule has 260 valence electrons. The van der Waals surface area contributed by atoms with Gasteiger partial charge in [0.25, 0.3) is 5.92 Å². The zero-order valence-electron chi connectivity index (χ0n) is 27.3. The number of hydrogen-bond acceptors (Lipinski definition) is 6. The molecule has 48 heavy (non-hydrogen) atoms. The summed E-state index contributed by atoms with van der Waals surface area (Å²) in [6, 6.07) is 5.98. The Balaban J connectivity index is 1.26. The van der Waals surface area contributed by atoms with Crippen molar-refractivity contribution >= 4 is 48.9 Å². The highest BCUT2D eigenvalue weighted by Crippen LogP contribution is 2.41. The minimum atomic E-state index is -4.60. The van der Waals surface area contributed by atoms with E-state index in [0.717, 1.165) is 24.9 Å². The molecule has 2 N–H and O–H groups in total. The van der Waals surface area contributed by atoms with Crippen LogP contribution in [0, 0.1) is 5.92 Å². The molecule has 2 saturated heterocycles. The number of amides is 2. The summed E-state index contributed by atoms with van der Waals surface area (Å²) in [7, 11) is -4.60. The molecule has 10 nitrogen and oxygen atoms in total. The molecule has 3 aliphatic rings. The van der Waals surface area contributed by atoms with Crippen LogP contribution in [0.3, 0.4) is 0 Å². The van der Waals surface area contributed by atoms with Gasteiger partial charge in [-0.25, -0.2) is 13.2 Å². The van der Waals surface area contributed by atoms with E-state index in [1.807, 2.05) is 4.68 Å². The number of fused-ring (bicyclic) bond motifs is 3. The fraction of sp³-hybridized carbons (Fsp3) is 0.559. The SMILES string of the molecule is CC(C)(C)OC(=O)NC1CC2CCC(C1)N2C(=O)C(NS(=O)(=O)c1ccc2c(cnn2CC2CCCC2)c1)C(F)(F)c1ccc(Br)cc1. The van der Waals surface area contributed by atoms with Gasteiger partial charge in [-0.05, 0) is 95.5 Å². The Hall–Kier alpha value is -3.10. The van der Waals surface area contributed by atoms with Crippen LogP contribution in [0.15, 0.2) is 58.0 Å². The molecule has 3 heterocycles. The van der Waals surface area contributed by atoms with Crippen molar-refractivity contribution in [2.24, 2.45) is 5.92 Å². The zero-order chi connectivity index (χ0) is 34.4. The van der Waals surface area contributed by atoms with Crippen LogP contribution in [0.2, 0.25) is 0 Å². The standard InChI is InChI=1S/C34H42BrF2N5O5S/c1-33(2,3)47-32(44)39-25-17-26-12-13-27(18-25)42(26)31(43)30(34(36,37)23-8-10-24(35)11-9-23)40-48(45,46)28-14-15-29-22(16-28)19-38-41(29)20-21-6-4-5-7-21/h8-11,14-16,19,21,25-27,30,40H,4-7,12-13,17-18,20H2,1-3H3,(H,39,44). The van der Waals surface area contributed by atoms with E-state index in [1.165, 1.54) is 54.1 Å². The Morgan fingerprint density at radius 3 is 2.29 bits per heavy atom. The molecule has 0 spiro atoms. The van der Waals surface area contributed by atoms with E-state index in [2.05, 4.69) is 31.1 Å². The third kappa shape index (κ3) is 7.40. The van der Waals surface area contributed by atoms with Crippen molar-refractivity contribution in [3.63, 3.8) is 0 Å². The average molecular weight is 751 g/mol. The molecule has 3 fully saturated rings. The number of nitrogens with one attached hydrogen (secondary N) is 2. The predicted octanol–water partition coefficient (Wildman–Crippen LogP) is 6.47. The van der Waals surface area contributed by atoms with Crippen molar-refractivity contribution in [1.82, 2.24) is 24.7 Å². The van der Waals surface area contributed by atoms with Crippen molar-refractivity contribution in [2.45, 2.75) is 119 Å². The molecule has 6 rings (SSSR count). The van der Waals surface area contributed by atoms with E-state index in [9.17, 15) is 18.0 Å². The maximum Gasteiger partial charge on any atom is 0.407 e. The van der Waals surface area contributed by atoms with Crippen LogP contribution in [-0.2, 0) is 32.0 Å². The Morgan fingerprint density at radius 2 is 1.67 bits per heavy atom. The Bertz CT molecular complexity index is 1760. The van der Waals surface area contributed by atoms with Crippen LogP contribution in [0.25, 0.3) is 10.9 Å². The van der Waals surface area contributed by atoms with E-state index in [0.29, 0.717) is 41.5 Å². The molecule has 1 aliphatic carbocycles. The fourth-order valence-corrected chi connectivity index (χ4v) is 8.92. The summed E-state index contributed by atoms with van der Waals surface area (Å²) in [5, 5.41) is 7.88. The number of alkyl halides is 2. The predicted molar refractivity (Wildman–Crippen MR) is 180 cm³/mol. The van der Waals surface area contributed by atoms with E-state index < -0.39 is 57.2 Å². The number of ether oxygens (including phenoxy) is 1. The number of nitrogens with zero attached hydrogens (tertiary/aromatic N) is 3. The molecule has 3 unspecified atom stereocenters. The van der Waals surface area contributed by atoms with Gasteiger partial charge in [-0.15, -0.1) is 0 Å². The fourth-order valence-electron chi connectivity index (χ4n) is 7.43. The largest absolute Gasteiger partial charge is 0.444 e. The van der Waals surface area contributed by atoms with Crippen LogP contribution in [0.4, 0.5) is 13.6 Å². The summed E-state index contributed by atoms with van der Waals surface area (Å²) >= 11 is 3.25. The van der Waals surface area contributed by atoms with E-state index in [-0.39, 0.29) is 10.9 Å². The van der Waals surface area contributed by atoms with Gasteiger partial charge in [-0.3, -0.25) is 9.48 Å². The highest BCUT2D eigenvalue weighted by molar-refractivity contribution is 9.10. The number of rotatable bonds is 9. The third-order valence-corrected chi connectivity index (χ3v) is 11.6. The molecule has 1 saturated carbocycles. The van der Waals surface area contributed by atoms with Gasteiger partial charge < -0.3 is 15.0 Å². The number of halogens is 3. The molecular weight excluding hydrogens is 708 g/mol. The van der Waals surface area contributed by atoms with Crippen molar-refractivity contribution in [1.29, 1.82) is 0 Å². The van der Waals surface area contributed by atoms with Crippen LogP contribution >= 0.6 is 15.9 Å². The number of piperidine rings is 1. The number of carbonyl (C=O) groups excluding carboxylic acids is 2. The second kappa shape index (κ2) is 13.3. The molecular formula is C34H42BrF2N5O5S. The van der Waals surface area contributed by atoms with Gasteiger partial charge in [0.2, 0.25) is 15.9 Å². The number of alkyl carbamates (subject to hydrolysis) is 1. The van der Waals surface area contributed by atoms with Gasteiger partial charge in [-0.1, -0.05) is 40.9 Å². The van der Waals surface area contributed by atoms with Crippen molar-refractivity contribution in [2.75, 3.05) is 0 Å². The second-order valence-corrected chi connectivity index (χ2v) is 17.0. The molecule has 2 amide bonds. The van der Waals surface area contributed by atoms with Gasteiger partial charge in [0.05, 0.1) is 16.6 Å². The van der Waals surface area contributed by atoms with E-state index in [1.54, 1.807) is 33.0 Å². The molecule has 0 radical (unpaired) electrons. The lowest BCUT2D eigenvalue weighted by Crippen LogP contribution is -2.61. The van der Waals surface area contributed by atoms with E-state index >= 15 is 8.78 Å². The van der Waals surface area contributed by atoms with Crippen molar-refractivity contribution in [3.8, 4) is 0 Å². The summed E-state index contributed by atoms with van der Waals surface area (Å²) < 4.78 is 70.5. The first-order valence-electron chi connectivity index (χ1n) is 16.5. The first kappa shape index (κ1) is 34.8. The first-order valence-corrected chi connectivity index (χ1v) is 18.8. The maximum absolute atomic E-state index is 16.5. The zero-order valence-corrected chi connectivity index (χ0v) is 29.7. The molecule has 3 aromatic rings. The average Bonchev–Trinajstić information content (AvgIpc) is 3.73. The highest BCUT2D eigenvalue weighted by atomic mass is 79.9. The van der Waals surface area contributed by atoms with Crippen LogP contribution in [0.5, 0.6) is 0 Å². The van der Waals surface area contributed by atoms with E-state index in [4.69, 9.17) is 4.74 Å². The Kier molecular flexibility index (Phi) is 9.64. The lowest BCUT2D eigenvalue weighted by molar-refractivity contribution is -0.149. The Labute approximate surface area is 288 Å². The Morgan fingerprint density at radius 1 is 1.02 bits per heavy atom. The minimum absolute atomic E-state index is 0.233. The summed E-state index contributed by atoms with van der Waals surface area (Å²) in [5.41, 5.74) is -0.430. The van der Waals surface area contributed by atoms with Crippen LogP contribution < -0.4 is 10.0 Å². The van der Waals surface area contributed by atoms with Gasteiger partial charge in [0.1, 0.15) is 5.60 Å². The van der Waals surface area contributed by atoms with Crippen LogP contribution in [-0.4, -0.2) is 64.9 Å². The molecule has 3 atom stereocenters. The normalized spacial score (nSPS) is 22.6. The summed E-state index contributed by atoms with van der Waals surface area (Å²) in [6.07, 6.45) is 7.39. The minimum Gasteiger partial charge on any atom is -0.444 e. The maximum atomic E-state index is 16.5. The second-order valence-electron chi connectivity index (χ2n) is 14.3. The third-order valence-electron chi connectivity index (χ3n) is 9.65. The van der Waals surface area contributed by atoms with Gasteiger partial charge >= 0.3 is 6.09 Å². The monoisotopic (exact) mass is 749 g/mol. The summed E-state index contributed by atoms with van der Waals surface area (Å²) in [6.45, 7) is 6.00. The number of aromatic nitrogens is 2. The van der Waals surface area contributed by atoms with Crippen molar-refractivity contribution in [3.05, 3.63) is 58.7 Å². The van der Waals surface area contributed by atoms with Gasteiger partial charge in [0, 0.05) is 40.1 Å². The molecule has 14 heteroatoms. The summed E-state index contributed by atoms with van der Waals surface area (Å²) in [4.78, 5) is 27.9. The lowest BCUT2D eigenvalue weighted by atomic mass is 9.94. The summed E-state index contributed by atoms with van der Waals surface area (Å²) in [5.74, 6) is -4.38. The molecule has 2 bridgehead atoms. The number of sulfonamides is 1. The lowest BCUT2D eigenvalue weighted by Gasteiger charge is -2.42. The van der Waals surface area contributed by atoms with Gasteiger partial charge in [0.15, 0.2) is 6.04 Å². The molecule has 2 aliphatic heterocycles. The van der Waals surface area contributed by atoms with Crippen molar-refractivity contribution < 1.29 is 31.5 Å². The number of hydrogen-bond donors (Lipinski definition) is 2. The smallest absolute Gasteiger partial charge is 0.407 e. The highest BCUT2D eigenvalue weighted by Gasteiger charge is 2.54. The molecule has 2 aromatic carbocycles. The topological polar surface area (TPSA) is 123 Å². The first-order chi connectivity index (χ1) is 22.6.